The molecule has 0 aromatic heterocycles. The Morgan fingerprint density at radius 2 is 2.11 bits per heavy atom. The molecule has 0 N–H and O–H groups in total. The maximum Gasteiger partial charge on any atom is 0.141 e. The van der Waals surface area contributed by atoms with Crippen LogP contribution in [0.4, 0.5) is 4.39 Å². The number of carbonyl (C=O) groups excluding carboxylic acids is 1. The minimum atomic E-state index is -0.708. The van der Waals surface area contributed by atoms with Gasteiger partial charge in [-0.3, -0.25) is 0 Å². The van der Waals surface area contributed by atoms with E-state index in [0.717, 1.165) is 24.3 Å². The highest BCUT2D eigenvalue weighted by molar-refractivity contribution is 8.01. The average Bonchev–Trinajstić information content (AvgIpc) is 2.37. The van der Waals surface area contributed by atoms with Crippen LogP contribution in [0.1, 0.15) is 20.8 Å². The van der Waals surface area contributed by atoms with Gasteiger partial charge >= 0.3 is 0 Å². The fraction of sp³-hybridized carbons (Fsp3) is 0.462. The van der Waals surface area contributed by atoms with Crippen LogP contribution in [-0.2, 0) is 9.53 Å². The Balaban J connectivity index is 5.27. The molecule has 0 bridgehead atoms. The third kappa shape index (κ3) is 4.31. The van der Waals surface area contributed by atoms with Gasteiger partial charge in [-0.15, -0.1) is 0 Å². The van der Waals surface area contributed by atoms with Gasteiger partial charge in [0, 0.05) is 6.54 Å². The number of likely N-dealkylation sites (N-methyl/N-ethyl adjacent to an activating group) is 1. The molecule has 0 aliphatic heterocycles. The number of rotatable bonds is 8. The zero-order valence-electron chi connectivity index (χ0n) is 11.3. The van der Waals surface area contributed by atoms with E-state index in [2.05, 4.69) is 13.2 Å². The minimum absolute atomic E-state index is 0.206. The second kappa shape index (κ2) is 7.38. The fourth-order valence-electron chi connectivity index (χ4n) is 1.17. The van der Waals surface area contributed by atoms with Crippen molar-refractivity contribution in [2.75, 3.05) is 13.7 Å². The highest BCUT2D eigenvalue weighted by atomic mass is 32.2. The monoisotopic (exact) mass is 273 g/mol. The average molecular weight is 273 g/mol. The summed E-state index contributed by atoms with van der Waals surface area (Å²) in [5.41, 5.74) is -0.708. The van der Waals surface area contributed by atoms with E-state index in [9.17, 15) is 9.18 Å². The van der Waals surface area contributed by atoms with Gasteiger partial charge < -0.3 is 9.53 Å². The van der Waals surface area contributed by atoms with Gasteiger partial charge in [0.05, 0.1) is 12.6 Å². The molecule has 0 saturated heterocycles. The summed E-state index contributed by atoms with van der Waals surface area (Å²) in [7, 11) is 1.42. The molecule has 0 aromatic rings. The van der Waals surface area contributed by atoms with Crippen LogP contribution in [0.2, 0.25) is 0 Å². The van der Waals surface area contributed by atoms with Crippen molar-refractivity contribution < 1.29 is 13.9 Å². The molecule has 0 aromatic carbocycles. The van der Waals surface area contributed by atoms with Crippen LogP contribution >= 0.6 is 11.9 Å². The number of halogens is 1. The number of allylic oxidation sites excluding steroid dienone is 2. The lowest BCUT2D eigenvalue weighted by molar-refractivity contribution is -0.114. The molecule has 0 radical (unpaired) electrons. The predicted molar refractivity (Wildman–Crippen MR) is 74.6 cm³/mol. The number of nitrogens with zero attached hydrogens (tertiary/aromatic N) is 1. The number of hydrogen-bond acceptors (Lipinski definition) is 4. The molecule has 102 valence electrons. The van der Waals surface area contributed by atoms with Crippen molar-refractivity contribution in [3.8, 4) is 0 Å². The zero-order chi connectivity index (χ0) is 14.3. The maximum absolute atomic E-state index is 13.7. The van der Waals surface area contributed by atoms with Gasteiger partial charge in [0.2, 0.25) is 0 Å². The van der Waals surface area contributed by atoms with E-state index in [1.54, 1.807) is 18.2 Å². The molecule has 18 heavy (non-hydrogen) atoms. The van der Waals surface area contributed by atoms with E-state index in [0.29, 0.717) is 6.54 Å². The lowest BCUT2D eigenvalue weighted by Crippen LogP contribution is -2.40. The van der Waals surface area contributed by atoms with E-state index < -0.39 is 11.4 Å². The van der Waals surface area contributed by atoms with Crippen LogP contribution in [0, 0.1) is 0 Å². The van der Waals surface area contributed by atoms with Crippen molar-refractivity contribution in [2.45, 2.75) is 26.3 Å². The van der Waals surface area contributed by atoms with Crippen molar-refractivity contribution in [1.29, 1.82) is 0 Å². The molecule has 0 aliphatic carbocycles. The Morgan fingerprint density at radius 3 is 2.44 bits per heavy atom. The first-order valence-corrected chi connectivity index (χ1v) is 6.28. The van der Waals surface area contributed by atoms with Gasteiger partial charge in [-0.2, -0.15) is 0 Å². The van der Waals surface area contributed by atoms with Gasteiger partial charge in [-0.25, -0.2) is 8.70 Å². The summed E-state index contributed by atoms with van der Waals surface area (Å²) in [6.07, 6.45) is 1.91. The van der Waals surface area contributed by atoms with Crippen molar-refractivity contribution in [2.24, 2.45) is 0 Å². The SMILES string of the molecule is C=C/C(F)=C(/SN(CC)C(C)(C)C=O)C(=C)OC. The molecule has 5 heteroatoms. The van der Waals surface area contributed by atoms with E-state index in [1.807, 2.05) is 6.92 Å². The first kappa shape index (κ1) is 16.9. The molecular formula is C13H20FNO2S. The molecule has 0 atom stereocenters. The lowest BCUT2D eigenvalue weighted by Gasteiger charge is -2.32. The Labute approximate surface area is 113 Å². The van der Waals surface area contributed by atoms with Crippen LogP contribution in [0.15, 0.2) is 35.7 Å². The Kier molecular flexibility index (Phi) is 6.94. The van der Waals surface area contributed by atoms with Crippen molar-refractivity contribution in [3.63, 3.8) is 0 Å². The number of ether oxygens (including phenoxy) is 1. The van der Waals surface area contributed by atoms with E-state index in [-0.39, 0.29) is 10.7 Å². The highest BCUT2D eigenvalue weighted by Crippen LogP contribution is 2.34. The lowest BCUT2D eigenvalue weighted by atomic mass is 10.1. The number of aldehydes is 1. The summed E-state index contributed by atoms with van der Waals surface area (Å²) < 4.78 is 20.4. The van der Waals surface area contributed by atoms with E-state index in [1.165, 1.54) is 7.11 Å². The number of methoxy groups -OCH3 is 1. The molecule has 3 nitrogen and oxygen atoms in total. The molecule has 0 amide bonds. The number of hydrogen-bond donors (Lipinski definition) is 0. The number of carbonyl (C=O) groups is 1. The Hall–Kier alpha value is -1.07. The van der Waals surface area contributed by atoms with Crippen LogP contribution in [-0.4, -0.2) is 29.8 Å². The topological polar surface area (TPSA) is 29.5 Å². The summed E-state index contributed by atoms with van der Waals surface area (Å²) in [4.78, 5) is 11.3. The zero-order valence-corrected chi connectivity index (χ0v) is 12.1. The second-order valence-electron chi connectivity index (χ2n) is 4.07. The minimum Gasteiger partial charge on any atom is -0.496 e. The van der Waals surface area contributed by atoms with Gasteiger partial charge in [0.15, 0.2) is 0 Å². The molecule has 0 aliphatic rings. The molecule has 0 fully saturated rings. The van der Waals surface area contributed by atoms with Crippen molar-refractivity contribution in [1.82, 2.24) is 4.31 Å². The van der Waals surface area contributed by atoms with Crippen molar-refractivity contribution in [3.05, 3.63) is 35.7 Å². The summed E-state index contributed by atoms with van der Waals surface area (Å²) in [5.74, 6) is -0.315. The summed E-state index contributed by atoms with van der Waals surface area (Å²) >= 11 is 1.10. The maximum atomic E-state index is 13.7. The van der Waals surface area contributed by atoms with E-state index >= 15 is 0 Å². The standard InChI is InChI=1S/C13H20FNO2S/c1-7-11(14)12(10(3)17-6)18-15(8-2)13(4,5)9-16/h7,9H,1,3,8H2,2,4-6H3/b12-11-. The molecular weight excluding hydrogens is 253 g/mol. The van der Waals surface area contributed by atoms with Crippen LogP contribution < -0.4 is 0 Å². The largest absolute Gasteiger partial charge is 0.496 e. The van der Waals surface area contributed by atoms with Gasteiger partial charge in [0.1, 0.15) is 22.8 Å². The third-order valence-electron chi connectivity index (χ3n) is 2.32. The van der Waals surface area contributed by atoms with E-state index in [4.69, 9.17) is 4.74 Å². The normalized spacial score (nSPS) is 13.0. The molecule has 0 unspecified atom stereocenters. The van der Waals surface area contributed by atoms with Crippen LogP contribution in [0.5, 0.6) is 0 Å². The van der Waals surface area contributed by atoms with Gasteiger partial charge in [-0.1, -0.05) is 20.1 Å². The first-order valence-electron chi connectivity index (χ1n) is 5.51. The molecule has 0 spiro atoms. The first-order chi connectivity index (χ1) is 8.33. The quantitative estimate of drug-likeness (QED) is 0.293. The summed E-state index contributed by atoms with van der Waals surface area (Å²) in [6, 6.07) is 0. The highest BCUT2D eigenvalue weighted by Gasteiger charge is 2.28. The van der Waals surface area contributed by atoms with Crippen LogP contribution in [0.3, 0.4) is 0 Å². The molecule has 0 rings (SSSR count). The molecule has 0 heterocycles. The second-order valence-corrected chi connectivity index (χ2v) is 5.10. The third-order valence-corrected chi connectivity index (χ3v) is 3.87. The Morgan fingerprint density at radius 1 is 1.56 bits per heavy atom. The Bertz CT molecular complexity index is 364. The van der Waals surface area contributed by atoms with Crippen molar-refractivity contribution >= 4 is 18.2 Å². The predicted octanol–water partition coefficient (Wildman–Crippen LogP) is 3.46. The molecule has 0 saturated carbocycles. The summed E-state index contributed by atoms with van der Waals surface area (Å²) in [5, 5.41) is 0. The van der Waals surface area contributed by atoms with Crippen LogP contribution in [0.25, 0.3) is 0 Å². The summed E-state index contributed by atoms with van der Waals surface area (Å²) in [6.45, 7) is 13.0. The fourth-order valence-corrected chi connectivity index (χ4v) is 2.16. The van der Waals surface area contributed by atoms with Gasteiger partial charge in [-0.05, 0) is 31.9 Å². The van der Waals surface area contributed by atoms with Gasteiger partial charge in [0.25, 0.3) is 0 Å². The smallest absolute Gasteiger partial charge is 0.141 e.